The van der Waals surface area contributed by atoms with Crippen molar-refractivity contribution in [1.82, 2.24) is 19.9 Å². The van der Waals surface area contributed by atoms with E-state index in [9.17, 15) is 14.3 Å². The second-order valence-electron chi connectivity index (χ2n) is 7.50. The molecular weight excluding hydrogens is 385 g/mol. The summed E-state index contributed by atoms with van der Waals surface area (Å²) in [4.78, 5) is 27.1. The second kappa shape index (κ2) is 8.54. The highest BCUT2D eigenvalue weighted by molar-refractivity contribution is 5.88. The number of hydrogen-bond acceptors (Lipinski definition) is 6. The number of aromatic nitrogens is 3. The van der Waals surface area contributed by atoms with E-state index in [4.69, 9.17) is 9.97 Å². The Labute approximate surface area is 173 Å². The van der Waals surface area contributed by atoms with Crippen molar-refractivity contribution < 1.29 is 14.3 Å². The Bertz CT molecular complexity index is 1070. The van der Waals surface area contributed by atoms with E-state index in [0.29, 0.717) is 28.6 Å². The van der Waals surface area contributed by atoms with Crippen molar-refractivity contribution in [3.8, 4) is 11.3 Å². The standard InChI is InChI=1S/C22H22FN5O2/c1-28-7-3-4-14(13-28)21-26-19(15-8-16(22(29)30)12-24-11-15)10-20(27-21)25-18-6-2-5-17(23)9-18/h2,5-6,8-12,14H,3-4,7,13H2,1H3,(H,29,30)(H,25,26,27). The van der Waals surface area contributed by atoms with Gasteiger partial charge in [-0.2, -0.15) is 0 Å². The van der Waals surface area contributed by atoms with Crippen LogP contribution in [0.25, 0.3) is 11.3 Å². The van der Waals surface area contributed by atoms with Crippen LogP contribution in [0.5, 0.6) is 0 Å². The zero-order valence-corrected chi connectivity index (χ0v) is 16.5. The number of likely N-dealkylation sites (N-methyl/N-ethyl adjacent to an activating group) is 1. The Morgan fingerprint density at radius 1 is 1.23 bits per heavy atom. The number of nitrogens with one attached hydrogen (secondary N) is 1. The van der Waals surface area contributed by atoms with Gasteiger partial charge in [0.25, 0.3) is 0 Å². The fourth-order valence-corrected chi connectivity index (χ4v) is 3.65. The van der Waals surface area contributed by atoms with E-state index in [1.54, 1.807) is 30.5 Å². The van der Waals surface area contributed by atoms with Crippen LogP contribution in [0.1, 0.15) is 34.9 Å². The minimum absolute atomic E-state index is 0.0877. The SMILES string of the molecule is CN1CCCC(c2nc(Nc3cccc(F)c3)cc(-c3cncc(C(=O)O)c3)n2)C1. The number of carboxylic acids is 1. The van der Waals surface area contributed by atoms with Gasteiger partial charge in [-0.3, -0.25) is 4.98 Å². The molecule has 30 heavy (non-hydrogen) atoms. The highest BCUT2D eigenvalue weighted by atomic mass is 19.1. The molecule has 1 fully saturated rings. The average Bonchev–Trinajstić information content (AvgIpc) is 2.73. The summed E-state index contributed by atoms with van der Waals surface area (Å²) in [7, 11) is 2.07. The lowest BCUT2D eigenvalue weighted by atomic mass is 9.97. The Balaban J connectivity index is 1.75. The van der Waals surface area contributed by atoms with Crippen LogP contribution in [-0.4, -0.2) is 51.1 Å². The van der Waals surface area contributed by atoms with Crippen molar-refractivity contribution in [2.24, 2.45) is 0 Å². The normalized spacial score (nSPS) is 16.9. The Morgan fingerprint density at radius 2 is 2.10 bits per heavy atom. The fraction of sp³-hybridized carbons (Fsp3) is 0.273. The maximum absolute atomic E-state index is 13.6. The Kier molecular flexibility index (Phi) is 5.67. The summed E-state index contributed by atoms with van der Waals surface area (Å²) < 4.78 is 13.6. The van der Waals surface area contributed by atoms with E-state index in [2.05, 4.69) is 22.2 Å². The number of likely N-dealkylation sites (tertiary alicyclic amines) is 1. The summed E-state index contributed by atoms with van der Waals surface area (Å²) in [5.41, 5.74) is 1.82. The summed E-state index contributed by atoms with van der Waals surface area (Å²) in [5, 5.41) is 12.4. The fourth-order valence-electron chi connectivity index (χ4n) is 3.65. The molecule has 0 amide bonds. The number of aromatic carboxylic acids is 1. The molecule has 4 rings (SSSR count). The molecule has 7 nitrogen and oxygen atoms in total. The van der Waals surface area contributed by atoms with Crippen LogP contribution in [0.3, 0.4) is 0 Å². The molecule has 8 heteroatoms. The molecule has 1 atom stereocenters. The van der Waals surface area contributed by atoms with Crippen molar-refractivity contribution >= 4 is 17.5 Å². The summed E-state index contributed by atoms with van der Waals surface area (Å²) in [6, 6.07) is 9.41. The van der Waals surface area contributed by atoms with E-state index >= 15 is 0 Å². The molecular formula is C22H22FN5O2. The van der Waals surface area contributed by atoms with Crippen molar-refractivity contribution in [2.75, 3.05) is 25.5 Å². The van der Waals surface area contributed by atoms with Gasteiger partial charge in [0.1, 0.15) is 17.5 Å². The minimum atomic E-state index is -1.05. The van der Waals surface area contributed by atoms with Gasteiger partial charge in [0.05, 0.1) is 11.3 Å². The third-order valence-electron chi connectivity index (χ3n) is 5.11. The molecule has 1 aromatic carbocycles. The van der Waals surface area contributed by atoms with E-state index < -0.39 is 5.97 Å². The van der Waals surface area contributed by atoms with Gasteiger partial charge in [0.15, 0.2) is 0 Å². The second-order valence-corrected chi connectivity index (χ2v) is 7.50. The first kappa shape index (κ1) is 19.9. The molecule has 1 aliphatic heterocycles. The van der Waals surface area contributed by atoms with Crippen molar-refractivity contribution in [3.05, 3.63) is 66.0 Å². The molecule has 1 aliphatic rings. The van der Waals surface area contributed by atoms with Gasteiger partial charge < -0.3 is 15.3 Å². The number of hydrogen-bond donors (Lipinski definition) is 2. The van der Waals surface area contributed by atoms with Crippen LogP contribution in [0.15, 0.2) is 48.8 Å². The van der Waals surface area contributed by atoms with Crippen LogP contribution < -0.4 is 5.32 Å². The monoisotopic (exact) mass is 407 g/mol. The molecule has 0 radical (unpaired) electrons. The van der Waals surface area contributed by atoms with Crippen LogP contribution in [0.2, 0.25) is 0 Å². The Hall–Kier alpha value is -3.39. The number of nitrogens with zero attached hydrogens (tertiary/aromatic N) is 4. The van der Waals surface area contributed by atoms with Gasteiger partial charge in [0, 0.05) is 42.2 Å². The molecule has 2 N–H and O–H groups in total. The molecule has 1 saturated heterocycles. The van der Waals surface area contributed by atoms with Gasteiger partial charge in [0.2, 0.25) is 0 Å². The van der Waals surface area contributed by atoms with Crippen LogP contribution >= 0.6 is 0 Å². The topological polar surface area (TPSA) is 91.2 Å². The number of carbonyl (C=O) groups is 1. The summed E-state index contributed by atoms with van der Waals surface area (Å²) >= 11 is 0. The van der Waals surface area contributed by atoms with Crippen molar-refractivity contribution in [3.63, 3.8) is 0 Å². The lowest BCUT2D eigenvalue weighted by Crippen LogP contribution is -2.31. The molecule has 0 bridgehead atoms. The van der Waals surface area contributed by atoms with E-state index in [0.717, 1.165) is 25.9 Å². The molecule has 154 valence electrons. The van der Waals surface area contributed by atoms with Crippen molar-refractivity contribution in [1.29, 1.82) is 0 Å². The molecule has 0 saturated carbocycles. The lowest BCUT2D eigenvalue weighted by molar-refractivity contribution is 0.0696. The largest absolute Gasteiger partial charge is 0.478 e. The van der Waals surface area contributed by atoms with Gasteiger partial charge >= 0.3 is 5.97 Å². The number of piperidine rings is 1. The zero-order chi connectivity index (χ0) is 21.1. The first-order chi connectivity index (χ1) is 14.5. The molecule has 0 spiro atoms. The number of halogens is 1. The molecule has 2 aromatic heterocycles. The van der Waals surface area contributed by atoms with Gasteiger partial charge in [-0.15, -0.1) is 0 Å². The smallest absolute Gasteiger partial charge is 0.337 e. The summed E-state index contributed by atoms with van der Waals surface area (Å²) in [6.45, 7) is 1.88. The number of benzene rings is 1. The zero-order valence-electron chi connectivity index (χ0n) is 16.5. The van der Waals surface area contributed by atoms with E-state index in [-0.39, 0.29) is 17.3 Å². The number of carboxylic acid groups (broad SMARTS) is 1. The maximum atomic E-state index is 13.6. The molecule has 3 aromatic rings. The van der Waals surface area contributed by atoms with E-state index in [1.807, 2.05) is 0 Å². The van der Waals surface area contributed by atoms with Crippen LogP contribution in [0.4, 0.5) is 15.9 Å². The number of pyridine rings is 1. The van der Waals surface area contributed by atoms with E-state index in [1.165, 1.54) is 18.3 Å². The maximum Gasteiger partial charge on any atom is 0.337 e. The highest BCUT2D eigenvalue weighted by Gasteiger charge is 2.23. The molecule has 1 unspecified atom stereocenters. The summed E-state index contributed by atoms with van der Waals surface area (Å²) in [6.07, 6.45) is 4.91. The average molecular weight is 407 g/mol. The number of rotatable bonds is 5. The first-order valence-corrected chi connectivity index (χ1v) is 9.77. The quantitative estimate of drug-likeness (QED) is 0.662. The lowest BCUT2D eigenvalue weighted by Gasteiger charge is -2.29. The van der Waals surface area contributed by atoms with Gasteiger partial charge in [-0.25, -0.2) is 19.2 Å². The molecule has 0 aliphatic carbocycles. The predicted octanol–water partition coefficient (Wildman–Crippen LogP) is 3.93. The van der Waals surface area contributed by atoms with Crippen molar-refractivity contribution in [2.45, 2.75) is 18.8 Å². The minimum Gasteiger partial charge on any atom is -0.478 e. The predicted molar refractivity (Wildman–Crippen MR) is 111 cm³/mol. The molecule has 3 heterocycles. The van der Waals surface area contributed by atoms with Gasteiger partial charge in [-0.05, 0) is 50.7 Å². The third-order valence-corrected chi connectivity index (χ3v) is 5.11. The highest BCUT2D eigenvalue weighted by Crippen LogP contribution is 2.29. The first-order valence-electron chi connectivity index (χ1n) is 9.77. The van der Waals surface area contributed by atoms with Gasteiger partial charge in [-0.1, -0.05) is 6.07 Å². The Morgan fingerprint density at radius 3 is 2.87 bits per heavy atom. The third kappa shape index (κ3) is 4.60. The number of anilines is 2. The summed E-state index contributed by atoms with van der Waals surface area (Å²) in [5.74, 6) is -0.0342. The van der Waals surface area contributed by atoms with Crippen LogP contribution in [-0.2, 0) is 0 Å². The van der Waals surface area contributed by atoms with Crippen LogP contribution in [0, 0.1) is 5.82 Å².